The fourth-order valence-electron chi connectivity index (χ4n) is 1.40. The maximum absolute atomic E-state index is 10.4. The molecule has 0 aliphatic carbocycles. The highest BCUT2D eigenvalue weighted by Gasteiger charge is 2.05. The molecule has 0 N–H and O–H groups in total. The second kappa shape index (κ2) is 7.01. The highest BCUT2D eigenvalue weighted by molar-refractivity contribution is 5.50. The predicted molar refractivity (Wildman–Crippen MR) is 62.5 cm³/mol. The van der Waals surface area contributed by atoms with E-state index in [0.717, 1.165) is 24.0 Å². The second-order valence-electron chi connectivity index (χ2n) is 3.59. The summed E-state index contributed by atoms with van der Waals surface area (Å²) in [6.45, 7) is 2.55. The number of methoxy groups -OCH3 is 1. The van der Waals surface area contributed by atoms with Crippen molar-refractivity contribution in [1.82, 2.24) is 0 Å². The minimum atomic E-state index is 0.0274. The van der Waals surface area contributed by atoms with Gasteiger partial charge in [0, 0.05) is 6.42 Å². The summed E-state index contributed by atoms with van der Waals surface area (Å²) in [6, 6.07) is 7.73. The third-order valence-corrected chi connectivity index (χ3v) is 2.46. The first-order chi connectivity index (χ1) is 7.80. The number of rotatable bonds is 7. The topological polar surface area (TPSA) is 35.5 Å². The number of carbonyl (C=O) groups excluding carboxylic acids is 1. The molecule has 0 bridgehead atoms. The van der Waals surface area contributed by atoms with Gasteiger partial charge in [0.25, 0.3) is 0 Å². The molecule has 0 saturated heterocycles. The van der Waals surface area contributed by atoms with Crippen molar-refractivity contribution in [2.45, 2.75) is 32.5 Å². The van der Waals surface area contributed by atoms with E-state index in [9.17, 15) is 4.79 Å². The average molecular weight is 222 g/mol. The number of ether oxygens (including phenoxy) is 2. The van der Waals surface area contributed by atoms with E-state index in [1.165, 1.54) is 0 Å². The van der Waals surface area contributed by atoms with E-state index in [-0.39, 0.29) is 6.10 Å². The van der Waals surface area contributed by atoms with Crippen LogP contribution in [-0.4, -0.2) is 19.5 Å². The molecular formula is C13H18O3. The van der Waals surface area contributed by atoms with E-state index >= 15 is 0 Å². The van der Waals surface area contributed by atoms with Crippen molar-refractivity contribution in [2.24, 2.45) is 0 Å². The minimum Gasteiger partial charge on any atom is -0.497 e. The maximum Gasteiger partial charge on any atom is 0.122 e. The van der Waals surface area contributed by atoms with E-state index in [1.54, 1.807) is 7.11 Å². The molecule has 3 heteroatoms. The van der Waals surface area contributed by atoms with Crippen LogP contribution < -0.4 is 4.74 Å². The summed E-state index contributed by atoms with van der Waals surface area (Å²) in [7, 11) is 1.64. The van der Waals surface area contributed by atoms with Crippen LogP contribution in [0.4, 0.5) is 0 Å². The summed E-state index contributed by atoms with van der Waals surface area (Å²) in [5, 5.41) is 0. The molecular weight excluding hydrogens is 204 g/mol. The molecule has 0 aliphatic heterocycles. The summed E-state index contributed by atoms with van der Waals surface area (Å²) in [5.41, 5.74) is 1.09. The molecule has 1 aromatic rings. The molecule has 0 amide bonds. The first-order valence-electron chi connectivity index (χ1n) is 5.48. The maximum atomic E-state index is 10.4. The van der Waals surface area contributed by atoms with Gasteiger partial charge in [0.15, 0.2) is 0 Å². The van der Waals surface area contributed by atoms with Gasteiger partial charge in [-0.15, -0.1) is 0 Å². The molecule has 16 heavy (non-hydrogen) atoms. The Labute approximate surface area is 96.4 Å². The molecule has 1 rings (SSSR count). The normalized spacial score (nSPS) is 12.1. The summed E-state index contributed by atoms with van der Waals surface area (Å²) >= 11 is 0. The Balaban J connectivity index is 2.43. The Kier molecular flexibility index (Phi) is 5.57. The Morgan fingerprint density at radius 2 is 2.00 bits per heavy atom. The van der Waals surface area contributed by atoms with Crippen LogP contribution in [0.1, 0.15) is 25.3 Å². The van der Waals surface area contributed by atoms with Gasteiger partial charge >= 0.3 is 0 Å². The molecule has 0 aromatic heterocycles. The highest BCUT2D eigenvalue weighted by atomic mass is 16.5. The summed E-state index contributed by atoms with van der Waals surface area (Å²) in [5.74, 6) is 0.837. The van der Waals surface area contributed by atoms with Gasteiger partial charge in [-0.2, -0.15) is 0 Å². The second-order valence-corrected chi connectivity index (χ2v) is 3.59. The fourth-order valence-corrected chi connectivity index (χ4v) is 1.40. The quantitative estimate of drug-likeness (QED) is 0.665. The predicted octanol–water partition coefficient (Wildman–Crippen LogP) is 2.58. The average Bonchev–Trinajstić information content (AvgIpc) is 2.35. The molecule has 0 spiro atoms. The molecule has 0 fully saturated rings. The lowest BCUT2D eigenvalue weighted by Gasteiger charge is -2.13. The van der Waals surface area contributed by atoms with Gasteiger partial charge in [-0.05, 0) is 24.1 Å². The standard InChI is InChI=1S/C13H18O3/c1-3-12(8-9-14)16-10-11-4-6-13(15-2)7-5-11/h4-7,9,12H,3,8,10H2,1-2H3/t12-/m1/s1. The minimum absolute atomic E-state index is 0.0274. The van der Waals surface area contributed by atoms with Crippen molar-refractivity contribution in [1.29, 1.82) is 0 Å². The summed E-state index contributed by atoms with van der Waals surface area (Å²) in [6.07, 6.45) is 2.25. The molecule has 0 heterocycles. The molecule has 3 nitrogen and oxygen atoms in total. The Bertz CT molecular complexity index is 305. The fraction of sp³-hybridized carbons (Fsp3) is 0.462. The molecule has 0 aliphatic rings. The SMILES string of the molecule is CC[C@H](CC=O)OCc1ccc(OC)cc1. The van der Waals surface area contributed by atoms with Crippen molar-refractivity contribution >= 4 is 6.29 Å². The molecule has 0 radical (unpaired) electrons. The lowest BCUT2D eigenvalue weighted by Crippen LogP contribution is -2.12. The molecule has 88 valence electrons. The smallest absolute Gasteiger partial charge is 0.122 e. The van der Waals surface area contributed by atoms with E-state index < -0.39 is 0 Å². The van der Waals surface area contributed by atoms with Gasteiger partial charge in [-0.25, -0.2) is 0 Å². The van der Waals surface area contributed by atoms with Gasteiger partial charge in [-0.3, -0.25) is 0 Å². The van der Waals surface area contributed by atoms with Crippen LogP contribution in [0.5, 0.6) is 5.75 Å². The van der Waals surface area contributed by atoms with Crippen molar-refractivity contribution < 1.29 is 14.3 Å². The van der Waals surface area contributed by atoms with Crippen molar-refractivity contribution in [3.8, 4) is 5.75 Å². The van der Waals surface area contributed by atoms with Crippen molar-refractivity contribution in [3.05, 3.63) is 29.8 Å². The molecule has 0 unspecified atom stereocenters. The number of carbonyl (C=O) groups is 1. The van der Waals surface area contributed by atoms with Crippen LogP contribution in [0.3, 0.4) is 0 Å². The van der Waals surface area contributed by atoms with Crippen LogP contribution in [0.2, 0.25) is 0 Å². The number of hydrogen-bond acceptors (Lipinski definition) is 3. The van der Waals surface area contributed by atoms with Crippen LogP contribution in [0, 0.1) is 0 Å². The molecule has 1 atom stereocenters. The largest absolute Gasteiger partial charge is 0.497 e. The van der Waals surface area contributed by atoms with E-state index in [0.29, 0.717) is 13.0 Å². The van der Waals surface area contributed by atoms with Gasteiger partial charge in [0.1, 0.15) is 12.0 Å². The lowest BCUT2D eigenvalue weighted by molar-refractivity contribution is -0.110. The van der Waals surface area contributed by atoms with Gasteiger partial charge < -0.3 is 14.3 Å². The molecule has 0 saturated carbocycles. The number of benzene rings is 1. The van der Waals surface area contributed by atoms with E-state index in [2.05, 4.69) is 0 Å². The zero-order valence-corrected chi connectivity index (χ0v) is 9.81. The van der Waals surface area contributed by atoms with Crippen LogP contribution in [-0.2, 0) is 16.1 Å². The third-order valence-electron chi connectivity index (χ3n) is 2.46. The van der Waals surface area contributed by atoms with Crippen LogP contribution in [0.25, 0.3) is 0 Å². The number of aldehydes is 1. The zero-order chi connectivity index (χ0) is 11.8. The van der Waals surface area contributed by atoms with Crippen molar-refractivity contribution in [3.63, 3.8) is 0 Å². The van der Waals surface area contributed by atoms with Gasteiger partial charge in [-0.1, -0.05) is 19.1 Å². The van der Waals surface area contributed by atoms with E-state index in [1.807, 2.05) is 31.2 Å². The number of hydrogen-bond donors (Lipinski definition) is 0. The monoisotopic (exact) mass is 222 g/mol. The first-order valence-corrected chi connectivity index (χ1v) is 5.48. The van der Waals surface area contributed by atoms with Crippen LogP contribution >= 0.6 is 0 Å². The zero-order valence-electron chi connectivity index (χ0n) is 9.81. The van der Waals surface area contributed by atoms with Crippen LogP contribution in [0.15, 0.2) is 24.3 Å². The van der Waals surface area contributed by atoms with E-state index in [4.69, 9.17) is 9.47 Å². The molecule has 1 aromatic carbocycles. The Morgan fingerprint density at radius 3 is 2.50 bits per heavy atom. The lowest BCUT2D eigenvalue weighted by atomic mass is 10.2. The third kappa shape index (κ3) is 4.03. The summed E-state index contributed by atoms with van der Waals surface area (Å²) in [4.78, 5) is 10.4. The highest BCUT2D eigenvalue weighted by Crippen LogP contribution is 2.13. The Hall–Kier alpha value is -1.35. The first kappa shape index (κ1) is 12.7. The Morgan fingerprint density at radius 1 is 1.31 bits per heavy atom. The van der Waals surface area contributed by atoms with Crippen molar-refractivity contribution in [2.75, 3.05) is 7.11 Å². The van der Waals surface area contributed by atoms with Gasteiger partial charge in [0.05, 0.1) is 19.8 Å². The summed E-state index contributed by atoms with van der Waals surface area (Å²) < 4.78 is 10.7. The van der Waals surface area contributed by atoms with Gasteiger partial charge in [0.2, 0.25) is 0 Å².